The van der Waals surface area contributed by atoms with Gasteiger partial charge in [0.05, 0.1) is 13.5 Å². The van der Waals surface area contributed by atoms with Crippen LogP contribution < -0.4 is 5.32 Å². The fraction of sp³-hybridized carbons (Fsp3) is 0.875. The minimum absolute atomic E-state index is 0.115. The molecule has 12 heavy (non-hydrogen) atoms. The summed E-state index contributed by atoms with van der Waals surface area (Å²) in [6.07, 6.45) is 1.09. The first kappa shape index (κ1) is 11.4. The average Bonchev–Trinajstić information content (AvgIpc) is 2.05. The molecule has 2 N–H and O–H groups in total. The Bertz CT molecular complexity index is 127. The fourth-order valence-corrected chi connectivity index (χ4v) is 0.833. The minimum Gasteiger partial charge on any atom is -0.469 e. The van der Waals surface area contributed by atoms with E-state index in [1.54, 1.807) is 0 Å². The molecule has 0 heterocycles. The standard InChI is InChI=1S/C8H17NO3/c1-7(6-8(11)12-2)9-4-3-5-10/h7,9-10H,3-6H2,1-2H3. The van der Waals surface area contributed by atoms with Gasteiger partial charge in [0.2, 0.25) is 0 Å². The molecule has 0 saturated heterocycles. The van der Waals surface area contributed by atoms with Crippen LogP contribution in [-0.2, 0) is 9.53 Å². The van der Waals surface area contributed by atoms with E-state index < -0.39 is 0 Å². The van der Waals surface area contributed by atoms with Gasteiger partial charge in [0, 0.05) is 12.6 Å². The van der Waals surface area contributed by atoms with E-state index in [9.17, 15) is 4.79 Å². The number of nitrogens with one attached hydrogen (secondary N) is 1. The lowest BCUT2D eigenvalue weighted by atomic mass is 10.2. The number of carbonyl (C=O) groups excluding carboxylic acids is 1. The van der Waals surface area contributed by atoms with E-state index >= 15 is 0 Å². The summed E-state index contributed by atoms with van der Waals surface area (Å²) in [5, 5.41) is 11.6. The van der Waals surface area contributed by atoms with Crippen LogP contribution in [0.1, 0.15) is 19.8 Å². The van der Waals surface area contributed by atoms with Crippen molar-refractivity contribution in [3.8, 4) is 0 Å². The van der Waals surface area contributed by atoms with Crippen LogP contribution in [0.5, 0.6) is 0 Å². The predicted molar refractivity (Wildman–Crippen MR) is 45.8 cm³/mol. The van der Waals surface area contributed by atoms with Gasteiger partial charge in [0.15, 0.2) is 0 Å². The van der Waals surface area contributed by atoms with Crippen molar-refractivity contribution in [3.05, 3.63) is 0 Å². The summed E-state index contributed by atoms with van der Waals surface area (Å²) < 4.78 is 4.50. The van der Waals surface area contributed by atoms with Crippen LogP contribution in [-0.4, -0.2) is 37.4 Å². The Balaban J connectivity index is 3.32. The van der Waals surface area contributed by atoms with Crippen LogP contribution in [0.3, 0.4) is 0 Å². The molecular weight excluding hydrogens is 158 g/mol. The third-order valence-corrected chi connectivity index (χ3v) is 1.53. The van der Waals surface area contributed by atoms with Gasteiger partial charge in [-0.15, -0.1) is 0 Å². The predicted octanol–water partition coefficient (Wildman–Crippen LogP) is -0.0900. The van der Waals surface area contributed by atoms with E-state index in [0.717, 1.165) is 6.54 Å². The molecule has 0 aromatic carbocycles. The third-order valence-electron chi connectivity index (χ3n) is 1.53. The fourth-order valence-electron chi connectivity index (χ4n) is 0.833. The van der Waals surface area contributed by atoms with Crippen molar-refractivity contribution in [2.24, 2.45) is 0 Å². The van der Waals surface area contributed by atoms with Gasteiger partial charge < -0.3 is 15.2 Å². The molecule has 0 bridgehead atoms. The molecule has 0 amide bonds. The zero-order valence-electron chi connectivity index (χ0n) is 7.67. The van der Waals surface area contributed by atoms with Crippen LogP contribution in [0, 0.1) is 0 Å². The van der Waals surface area contributed by atoms with E-state index in [-0.39, 0.29) is 18.6 Å². The lowest BCUT2D eigenvalue weighted by Crippen LogP contribution is -2.30. The summed E-state index contributed by atoms with van der Waals surface area (Å²) in [7, 11) is 1.38. The van der Waals surface area contributed by atoms with Crippen LogP contribution in [0.2, 0.25) is 0 Å². The number of hydrogen-bond acceptors (Lipinski definition) is 4. The number of esters is 1. The topological polar surface area (TPSA) is 58.6 Å². The Hall–Kier alpha value is -0.610. The molecule has 0 spiro atoms. The van der Waals surface area contributed by atoms with Crippen LogP contribution in [0.15, 0.2) is 0 Å². The Kier molecular flexibility index (Phi) is 6.70. The second-order valence-electron chi connectivity index (χ2n) is 2.71. The second-order valence-corrected chi connectivity index (χ2v) is 2.71. The number of methoxy groups -OCH3 is 1. The first-order chi connectivity index (χ1) is 5.70. The van der Waals surface area contributed by atoms with Crippen molar-refractivity contribution in [2.75, 3.05) is 20.3 Å². The monoisotopic (exact) mass is 175 g/mol. The largest absolute Gasteiger partial charge is 0.469 e. The van der Waals surface area contributed by atoms with E-state index in [1.165, 1.54) is 7.11 Å². The Morgan fingerprint density at radius 1 is 1.67 bits per heavy atom. The van der Waals surface area contributed by atoms with Gasteiger partial charge in [-0.25, -0.2) is 0 Å². The normalized spacial score (nSPS) is 12.6. The van der Waals surface area contributed by atoms with Gasteiger partial charge in [0.1, 0.15) is 0 Å². The quantitative estimate of drug-likeness (QED) is 0.437. The summed E-state index contributed by atoms with van der Waals surface area (Å²) in [4.78, 5) is 10.7. The van der Waals surface area contributed by atoms with E-state index in [4.69, 9.17) is 5.11 Å². The highest BCUT2D eigenvalue weighted by Crippen LogP contribution is 1.92. The highest BCUT2D eigenvalue weighted by Gasteiger charge is 2.06. The average molecular weight is 175 g/mol. The van der Waals surface area contributed by atoms with Gasteiger partial charge in [-0.1, -0.05) is 0 Å². The zero-order chi connectivity index (χ0) is 9.40. The number of ether oxygens (including phenoxy) is 1. The van der Waals surface area contributed by atoms with Crippen LogP contribution >= 0.6 is 0 Å². The number of rotatable bonds is 6. The van der Waals surface area contributed by atoms with Gasteiger partial charge in [-0.05, 0) is 19.9 Å². The van der Waals surface area contributed by atoms with Crippen molar-refractivity contribution in [3.63, 3.8) is 0 Å². The van der Waals surface area contributed by atoms with Gasteiger partial charge in [0.25, 0.3) is 0 Å². The summed E-state index contributed by atoms with van der Waals surface area (Å²) >= 11 is 0. The molecule has 4 nitrogen and oxygen atoms in total. The van der Waals surface area contributed by atoms with E-state index in [1.807, 2.05) is 6.92 Å². The van der Waals surface area contributed by atoms with Crippen molar-refractivity contribution < 1.29 is 14.6 Å². The summed E-state index contributed by atoms with van der Waals surface area (Å²) in [6, 6.07) is 0.115. The number of carbonyl (C=O) groups is 1. The SMILES string of the molecule is COC(=O)CC(C)NCCCO. The molecule has 0 aromatic heterocycles. The lowest BCUT2D eigenvalue weighted by molar-refractivity contribution is -0.141. The van der Waals surface area contributed by atoms with Gasteiger partial charge in [-0.2, -0.15) is 0 Å². The van der Waals surface area contributed by atoms with Gasteiger partial charge in [-0.3, -0.25) is 4.79 Å². The second kappa shape index (κ2) is 7.06. The van der Waals surface area contributed by atoms with Crippen LogP contribution in [0.25, 0.3) is 0 Å². The molecule has 4 heteroatoms. The molecule has 0 aliphatic carbocycles. The highest BCUT2D eigenvalue weighted by molar-refractivity contribution is 5.69. The molecule has 1 atom stereocenters. The Morgan fingerprint density at radius 3 is 2.83 bits per heavy atom. The first-order valence-corrected chi connectivity index (χ1v) is 4.11. The van der Waals surface area contributed by atoms with Crippen LogP contribution in [0.4, 0.5) is 0 Å². The molecule has 0 rings (SSSR count). The summed E-state index contributed by atoms with van der Waals surface area (Å²) in [5.41, 5.74) is 0. The smallest absolute Gasteiger partial charge is 0.307 e. The minimum atomic E-state index is -0.209. The zero-order valence-corrected chi connectivity index (χ0v) is 7.67. The maximum Gasteiger partial charge on any atom is 0.307 e. The maximum atomic E-state index is 10.7. The molecule has 0 fully saturated rings. The molecule has 0 saturated carbocycles. The molecular formula is C8H17NO3. The van der Waals surface area contributed by atoms with Gasteiger partial charge >= 0.3 is 5.97 Å². The molecule has 0 aliphatic rings. The van der Waals surface area contributed by atoms with E-state index in [2.05, 4.69) is 10.1 Å². The lowest BCUT2D eigenvalue weighted by Gasteiger charge is -2.11. The van der Waals surface area contributed by atoms with Crippen molar-refractivity contribution in [1.82, 2.24) is 5.32 Å². The summed E-state index contributed by atoms with van der Waals surface area (Å²) in [6.45, 7) is 2.82. The molecule has 0 aromatic rings. The molecule has 0 aliphatic heterocycles. The molecule has 1 unspecified atom stereocenters. The molecule has 0 radical (unpaired) electrons. The number of hydrogen-bond donors (Lipinski definition) is 2. The Labute approximate surface area is 72.9 Å². The first-order valence-electron chi connectivity index (χ1n) is 4.11. The maximum absolute atomic E-state index is 10.7. The molecule has 72 valence electrons. The Morgan fingerprint density at radius 2 is 2.33 bits per heavy atom. The number of aliphatic hydroxyl groups excluding tert-OH is 1. The van der Waals surface area contributed by atoms with E-state index in [0.29, 0.717) is 12.8 Å². The summed E-state index contributed by atoms with van der Waals surface area (Å²) in [5.74, 6) is -0.209. The third kappa shape index (κ3) is 6.12. The number of aliphatic hydroxyl groups is 1. The highest BCUT2D eigenvalue weighted by atomic mass is 16.5. The van der Waals surface area contributed by atoms with Crippen molar-refractivity contribution in [2.45, 2.75) is 25.8 Å². The van der Waals surface area contributed by atoms with Crippen molar-refractivity contribution >= 4 is 5.97 Å². The van der Waals surface area contributed by atoms with Crippen molar-refractivity contribution in [1.29, 1.82) is 0 Å².